The van der Waals surface area contributed by atoms with Gasteiger partial charge in [0, 0.05) is 24.2 Å². The van der Waals surface area contributed by atoms with Crippen molar-refractivity contribution in [1.29, 1.82) is 0 Å². The molecule has 0 aromatic carbocycles. The van der Waals surface area contributed by atoms with Gasteiger partial charge in [-0.1, -0.05) is 13.2 Å². The van der Waals surface area contributed by atoms with Gasteiger partial charge in [-0.3, -0.25) is 0 Å². The molecule has 0 bridgehead atoms. The van der Waals surface area contributed by atoms with Gasteiger partial charge in [0.25, 0.3) is 0 Å². The van der Waals surface area contributed by atoms with Crippen molar-refractivity contribution in [2.24, 2.45) is 0 Å². The fourth-order valence-corrected chi connectivity index (χ4v) is 0.242. The average molecular weight is 202 g/mol. The third kappa shape index (κ3) is 10.4. The first-order valence-electron chi connectivity index (χ1n) is 3.73. The number of aliphatic hydroxyl groups is 1. The number of aliphatic hydroxyl groups excluding tert-OH is 1. The molecule has 0 saturated heterocycles. The van der Waals surface area contributed by atoms with Crippen molar-refractivity contribution >= 4 is 11.9 Å². The van der Waals surface area contributed by atoms with Crippen LogP contribution in [-0.2, 0) is 9.59 Å². The third-order valence-electron chi connectivity index (χ3n) is 1.08. The van der Waals surface area contributed by atoms with Crippen LogP contribution in [0.25, 0.3) is 0 Å². The number of carbonyl (C=O) groups is 2. The van der Waals surface area contributed by atoms with E-state index in [9.17, 15) is 9.59 Å². The molecule has 0 rings (SSSR count). The van der Waals surface area contributed by atoms with E-state index in [4.69, 9.17) is 15.3 Å². The molecular weight excluding hydrogens is 188 g/mol. The van der Waals surface area contributed by atoms with Crippen LogP contribution < -0.4 is 0 Å². The monoisotopic (exact) mass is 202 g/mol. The standard InChI is InChI=1S/C5H8O3.C4H6O2/c1-4(2-3-6)5(7)8;1-3(2)4(5)6/h6H,1-3H2,(H,7,8);1H2,2H3,(H,5,6). The average Bonchev–Trinajstić information content (AvgIpc) is 2.05. The zero-order valence-corrected chi connectivity index (χ0v) is 7.99. The normalized spacial score (nSPS) is 8.14. The van der Waals surface area contributed by atoms with Gasteiger partial charge in [-0.2, -0.15) is 0 Å². The molecule has 0 amide bonds. The van der Waals surface area contributed by atoms with E-state index in [2.05, 4.69) is 13.2 Å². The minimum Gasteiger partial charge on any atom is -0.478 e. The van der Waals surface area contributed by atoms with Gasteiger partial charge in [-0.15, -0.1) is 0 Å². The van der Waals surface area contributed by atoms with Crippen molar-refractivity contribution < 1.29 is 24.9 Å². The van der Waals surface area contributed by atoms with Crippen LogP contribution in [0.5, 0.6) is 0 Å². The molecule has 14 heavy (non-hydrogen) atoms. The minimum atomic E-state index is -1.04. The summed E-state index contributed by atoms with van der Waals surface area (Å²) in [6.45, 7) is 7.64. The summed E-state index contributed by atoms with van der Waals surface area (Å²) in [6.07, 6.45) is 0.148. The lowest BCUT2D eigenvalue weighted by Crippen LogP contribution is -2.00. The largest absolute Gasteiger partial charge is 0.478 e. The van der Waals surface area contributed by atoms with Crippen LogP contribution in [0.3, 0.4) is 0 Å². The van der Waals surface area contributed by atoms with E-state index in [0.717, 1.165) is 0 Å². The zero-order valence-electron chi connectivity index (χ0n) is 7.99. The predicted octanol–water partition coefficient (Wildman–Crippen LogP) is 0.657. The molecule has 0 saturated carbocycles. The molecule has 0 unspecified atom stereocenters. The van der Waals surface area contributed by atoms with E-state index in [-0.39, 0.29) is 24.2 Å². The molecule has 0 aliphatic carbocycles. The van der Waals surface area contributed by atoms with Gasteiger partial charge in [0.1, 0.15) is 0 Å². The highest BCUT2D eigenvalue weighted by atomic mass is 16.4. The smallest absolute Gasteiger partial charge is 0.331 e. The maximum atomic E-state index is 9.88. The number of carboxylic acid groups (broad SMARTS) is 2. The van der Waals surface area contributed by atoms with Crippen LogP contribution in [0.4, 0.5) is 0 Å². The highest BCUT2D eigenvalue weighted by molar-refractivity contribution is 5.85. The maximum Gasteiger partial charge on any atom is 0.331 e. The van der Waals surface area contributed by atoms with E-state index < -0.39 is 11.9 Å². The Hall–Kier alpha value is -1.62. The lowest BCUT2D eigenvalue weighted by atomic mass is 10.2. The molecule has 80 valence electrons. The first kappa shape index (κ1) is 14.9. The van der Waals surface area contributed by atoms with Gasteiger partial charge in [0.05, 0.1) is 0 Å². The van der Waals surface area contributed by atoms with Crippen molar-refractivity contribution in [3.05, 3.63) is 24.3 Å². The molecule has 0 spiro atoms. The topological polar surface area (TPSA) is 94.8 Å². The molecule has 5 heteroatoms. The zero-order chi connectivity index (χ0) is 11.7. The molecule has 0 aromatic heterocycles. The van der Waals surface area contributed by atoms with Crippen molar-refractivity contribution in [3.63, 3.8) is 0 Å². The first-order chi connectivity index (χ1) is 6.32. The predicted molar refractivity (Wildman–Crippen MR) is 50.9 cm³/mol. The van der Waals surface area contributed by atoms with Crippen molar-refractivity contribution in [2.75, 3.05) is 6.61 Å². The summed E-state index contributed by atoms with van der Waals surface area (Å²) in [5, 5.41) is 24.2. The first-order valence-corrected chi connectivity index (χ1v) is 3.73. The van der Waals surface area contributed by atoms with Crippen LogP contribution in [0.1, 0.15) is 13.3 Å². The number of carboxylic acids is 2. The Morgan fingerprint density at radius 1 is 1.14 bits per heavy atom. The Morgan fingerprint density at radius 3 is 1.57 bits per heavy atom. The summed E-state index contributed by atoms with van der Waals surface area (Å²) in [5.41, 5.74) is 0.225. The number of hydrogen-bond donors (Lipinski definition) is 3. The summed E-state index contributed by atoms with van der Waals surface area (Å²) in [5.74, 6) is -1.98. The van der Waals surface area contributed by atoms with E-state index in [1.807, 2.05) is 0 Å². The molecule has 0 atom stereocenters. The van der Waals surface area contributed by atoms with Crippen LogP contribution in [0.15, 0.2) is 24.3 Å². The van der Waals surface area contributed by atoms with E-state index >= 15 is 0 Å². The molecule has 0 aliphatic heterocycles. The molecule has 0 fully saturated rings. The summed E-state index contributed by atoms with van der Waals surface area (Å²) < 4.78 is 0. The van der Waals surface area contributed by atoms with Gasteiger partial charge in [0.15, 0.2) is 0 Å². The van der Waals surface area contributed by atoms with Gasteiger partial charge < -0.3 is 15.3 Å². The molecular formula is C9H14O5. The fourth-order valence-electron chi connectivity index (χ4n) is 0.242. The summed E-state index contributed by atoms with van der Waals surface area (Å²) in [7, 11) is 0. The third-order valence-corrected chi connectivity index (χ3v) is 1.08. The Balaban J connectivity index is 0. The maximum absolute atomic E-state index is 9.88. The highest BCUT2D eigenvalue weighted by Gasteiger charge is 1.99. The Kier molecular flexibility index (Phi) is 8.50. The van der Waals surface area contributed by atoms with Gasteiger partial charge in [0.2, 0.25) is 0 Å². The minimum absolute atomic E-state index is 0.0486. The second kappa shape index (κ2) is 8.00. The second-order valence-corrected chi connectivity index (χ2v) is 2.47. The van der Waals surface area contributed by atoms with Crippen LogP contribution in [0, 0.1) is 0 Å². The SMILES string of the molecule is C=C(C)C(=O)O.C=C(CCO)C(=O)O. The van der Waals surface area contributed by atoms with Gasteiger partial charge in [-0.05, 0) is 6.92 Å². The lowest BCUT2D eigenvalue weighted by Gasteiger charge is -1.91. The van der Waals surface area contributed by atoms with Crippen LogP contribution >= 0.6 is 0 Å². The highest BCUT2D eigenvalue weighted by Crippen LogP contribution is 1.94. The molecule has 3 N–H and O–H groups in total. The van der Waals surface area contributed by atoms with E-state index in [0.29, 0.717) is 0 Å². The Morgan fingerprint density at radius 2 is 1.50 bits per heavy atom. The Labute approximate surface area is 82.0 Å². The number of hydrogen-bond acceptors (Lipinski definition) is 3. The summed E-state index contributed by atoms with van der Waals surface area (Å²) >= 11 is 0. The Bertz CT molecular complexity index is 230. The lowest BCUT2D eigenvalue weighted by molar-refractivity contribution is -0.133. The molecule has 0 heterocycles. The molecule has 0 aromatic rings. The fraction of sp³-hybridized carbons (Fsp3) is 0.333. The molecule has 0 aliphatic rings. The molecule has 0 radical (unpaired) electrons. The van der Waals surface area contributed by atoms with Crippen molar-refractivity contribution in [2.45, 2.75) is 13.3 Å². The second-order valence-electron chi connectivity index (χ2n) is 2.47. The van der Waals surface area contributed by atoms with Crippen molar-refractivity contribution in [1.82, 2.24) is 0 Å². The van der Waals surface area contributed by atoms with Crippen LogP contribution in [0.2, 0.25) is 0 Å². The number of aliphatic carboxylic acids is 2. The van der Waals surface area contributed by atoms with Crippen molar-refractivity contribution in [3.8, 4) is 0 Å². The van der Waals surface area contributed by atoms with E-state index in [1.165, 1.54) is 6.92 Å². The van der Waals surface area contributed by atoms with Crippen LogP contribution in [-0.4, -0.2) is 33.9 Å². The van der Waals surface area contributed by atoms with E-state index in [1.54, 1.807) is 0 Å². The number of rotatable bonds is 4. The van der Waals surface area contributed by atoms with Gasteiger partial charge >= 0.3 is 11.9 Å². The summed E-state index contributed by atoms with van der Waals surface area (Å²) in [6, 6.07) is 0. The summed E-state index contributed by atoms with van der Waals surface area (Å²) in [4.78, 5) is 19.5. The quantitative estimate of drug-likeness (QED) is 0.582. The molecule has 5 nitrogen and oxygen atoms in total. The van der Waals surface area contributed by atoms with Gasteiger partial charge in [-0.25, -0.2) is 9.59 Å².